The lowest BCUT2D eigenvalue weighted by atomic mass is 9.98. The van der Waals surface area contributed by atoms with Crippen molar-refractivity contribution in [3.8, 4) is 11.5 Å². The van der Waals surface area contributed by atoms with Crippen molar-refractivity contribution in [1.29, 1.82) is 0 Å². The average Bonchev–Trinajstić information content (AvgIpc) is 2.68. The predicted octanol–water partition coefficient (Wildman–Crippen LogP) is 4.16. The van der Waals surface area contributed by atoms with Gasteiger partial charge in [0.2, 0.25) is 0 Å². The summed E-state index contributed by atoms with van der Waals surface area (Å²) in [5, 5.41) is 7.28. The number of piperidine rings is 1. The quantitative estimate of drug-likeness (QED) is 0.708. The van der Waals surface area contributed by atoms with Gasteiger partial charge in [-0.2, -0.15) is 0 Å². The van der Waals surface area contributed by atoms with E-state index in [0.717, 1.165) is 43.2 Å². The average molecular weight is 393 g/mol. The molecule has 1 saturated heterocycles. The molecule has 0 spiro atoms. The highest BCUT2D eigenvalue weighted by molar-refractivity contribution is 6.31. The summed E-state index contributed by atoms with van der Waals surface area (Å²) in [4.78, 5) is 0. The number of hydrogen-bond acceptors (Lipinski definition) is 4. The van der Waals surface area contributed by atoms with Gasteiger partial charge in [-0.05, 0) is 68.2 Å². The molecule has 2 N–H and O–H groups in total. The lowest BCUT2D eigenvalue weighted by Gasteiger charge is -2.23. The normalized spacial score (nSPS) is 14.9. The highest BCUT2D eigenvalue weighted by atomic mass is 35.5. The van der Waals surface area contributed by atoms with Crippen LogP contribution in [0.25, 0.3) is 0 Å². The molecule has 0 aromatic heterocycles. The zero-order chi connectivity index (χ0) is 19.1. The summed E-state index contributed by atoms with van der Waals surface area (Å²) in [6.45, 7) is 4.31. The van der Waals surface area contributed by atoms with Crippen molar-refractivity contribution in [3.05, 3.63) is 58.4 Å². The molecule has 4 nitrogen and oxygen atoms in total. The number of nitrogens with one attached hydrogen (secondary N) is 2. The van der Waals surface area contributed by atoms with Gasteiger partial charge in [0.1, 0.15) is 12.4 Å². The number of halogens is 2. The van der Waals surface area contributed by atoms with Gasteiger partial charge in [-0.1, -0.05) is 23.7 Å². The molecule has 0 amide bonds. The number of benzene rings is 2. The third-order valence-electron chi connectivity index (χ3n) is 4.85. The van der Waals surface area contributed by atoms with Crippen LogP contribution in [-0.2, 0) is 13.2 Å². The van der Waals surface area contributed by atoms with Gasteiger partial charge in [0.05, 0.1) is 12.1 Å². The minimum absolute atomic E-state index is 0.253. The molecule has 2 aromatic rings. The van der Waals surface area contributed by atoms with Crippen LogP contribution in [0.4, 0.5) is 4.39 Å². The van der Waals surface area contributed by atoms with Crippen LogP contribution in [0, 0.1) is 11.7 Å². The van der Waals surface area contributed by atoms with E-state index in [1.165, 1.54) is 25.0 Å². The van der Waals surface area contributed by atoms with E-state index in [4.69, 9.17) is 21.1 Å². The van der Waals surface area contributed by atoms with Crippen LogP contribution < -0.4 is 20.1 Å². The van der Waals surface area contributed by atoms with Gasteiger partial charge in [0, 0.05) is 12.1 Å². The Morgan fingerprint density at radius 1 is 1.15 bits per heavy atom. The smallest absolute Gasteiger partial charge is 0.161 e. The van der Waals surface area contributed by atoms with Crippen LogP contribution in [-0.4, -0.2) is 26.7 Å². The third kappa shape index (κ3) is 5.83. The first kappa shape index (κ1) is 19.9. The number of ether oxygens (including phenoxy) is 2. The molecule has 0 aliphatic carbocycles. The minimum Gasteiger partial charge on any atom is -0.493 e. The van der Waals surface area contributed by atoms with Gasteiger partial charge in [0.15, 0.2) is 11.5 Å². The Hall–Kier alpha value is -1.82. The molecule has 3 rings (SSSR count). The Labute approximate surface area is 165 Å². The maximum Gasteiger partial charge on any atom is 0.161 e. The van der Waals surface area contributed by atoms with E-state index >= 15 is 0 Å². The van der Waals surface area contributed by atoms with Gasteiger partial charge >= 0.3 is 0 Å². The fraction of sp³-hybridized carbons (Fsp3) is 0.429. The van der Waals surface area contributed by atoms with Crippen molar-refractivity contribution in [1.82, 2.24) is 10.6 Å². The fourth-order valence-corrected chi connectivity index (χ4v) is 3.46. The summed E-state index contributed by atoms with van der Waals surface area (Å²) >= 11 is 6.05. The molecular formula is C21H26ClFN2O2. The Morgan fingerprint density at radius 3 is 2.70 bits per heavy atom. The Kier molecular flexibility index (Phi) is 7.33. The largest absolute Gasteiger partial charge is 0.493 e. The molecule has 1 aliphatic heterocycles. The first-order valence-electron chi connectivity index (χ1n) is 9.31. The van der Waals surface area contributed by atoms with Crippen LogP contribution in [0.15, 0.2) is 36.4 Å². The number of methoxy groups -OCH3 is 1. The van der Waals surface area contributed by atoms with Gasteiger partial charge in [-0.15, -0.1) is 0 Å². The second-order valence-corrected chi connectivity index (χ2v) is 7.24. The number of rotatable bonds is 8. The summed E-state index contributed by atoms with van der Waals surface area (Å²) in [5.41, 5.74) is 1.88. The molecule has 6 heteroatoms. The highest BCUT2D eigenvalue weighted by Gasteiger charge is 2.13. The molecule has 146 valence electrons. The maximum absolute atomic E-state index is 13.1. The van der Waals surface area contributed by atoms with Crippen molar-refractivity contribution in [2.24, 2.45) is 5.92 Å². The first-order chi connectivity index (χ1) is 13.2. The highest BCUT2D eigenvalue weighted by Crippen LogP contribution is 2.30. The van der Waals surface area contributed by atoms with E-state index in [-0.39, 0.29) is 12.4 Å². The Morgan fingerprint density at radius 2 is 1.96 bits per heavy atom. The zero-order valence-electron chi connectivity index (χ0n) is 15.6. The van der Waals surface area contributed by atoms with E-state index in [0.29, 0.717) is 16.5 Å². The van der Waals surface area contributed by atoms with E-state index in [1.54, 1.807) is 13.2 Å². The number of hydrogen-bond donors (Lipinski definition) is 2. The van der Waals surface area contributed by atoms with Crippen molar-refractivity contribution in [2.75, 3.05) is 26.7 Å². The molecule has 1 aliphatic rings. The van der Waals surface area contributed by atoms with E-state index < -0.39 is 0 Å². The molecule has 0 bridgehead atoms. The summed E-state index contributed by atoms with van der Waals surface area (Å²) < 4.78 is 24.4. The van der Waals surface area contributed by atoms with Crippen molar-refractivity contribution in [2.45, 2.75) is 26.0 Å². The second-order valence-electron chi connectivity index (χ2n) is 6.83. The predicted molar refractivity (Wildman–Crippen MR) is 106 cm³/mol. The molecule has 1 heterocycles. The minimum atomic E-state index is -0.359. The zero-order valence-corrected chi connectivity index (χ0v) is 16.3. The summed E-state index contributed by atoms with van der Waals surface area (Å²) in [6.07, 6.45) is 2.46. The molecular weight excluding hydrogens is 367 g/mol. The molecule has 1 fully saturated rings. The fourth-order valence-electron chi connectivity index (χ4n) is 3.24. The molecule has 0 saturated carbocycles. The van der Waals surface area contributed by atoms with Gasteiger partial charge in [-0.3, -0.25) is 0 Å². The Balaban J connectivity index is 1.55. The lowest BCUT2D eigenvalue weighted by molar-refractivity contribution is 0.284. The van der Waals surface area contributed by atoms with Crippen LogP contribution in [0.2, 0.25) is 5.02 Å². The maximum atomic E-state index is 13.1. The van der Waals surface area contributed by atoms with Crippen LogP contribution >= 0.6 is 11.6 Å². The van der Waals surface area contributed by atoms with Crippen molar-refractivity contribution in [3.63, 3.8) is 0 Å². The summed E-state index contributed by atoms with van der Waals surface area (Å²) in [6, 6.07) is 10.2. The molecule has 0 unspecified atom stereocenters. The third-order valence-corrected chi connectivity index (χ3v) is 5.20. The van der Waals surface area contributed by atoms with Crippen LogP contribution in [0.1, 0.15) is 24.0 Å². The standard InChI is InChI=1S/C21H26ClFN2O2/c1-26-21-10-16(13-25-12-15-6-8-24-9-7-15)2-5-20(21)27-14-17-3-4-18(23)11-19(17)22/h2-5,10-11,15,24-25H,6-9,12-14H2,1H3. The van der Waals surface area contributed by atoms with Crippen molar-refractivity contribution < 1.29 is 13.9 Å². The Bertz CT molecular complexity index is 751. The molecule has 27 heavy (non-hydrogen) atoms. The lowest BCUT2D eigenvalue weighted by Crippen LogP contribution is -2.33. The van der Waals surface area contributed by atoms with Gasteiger partial charge in [0.25, 0.3) is 0 Å². The summed E-state index contributed by atoms with van der Waals surface area (Å²) in [7, 11) is 1.62. The van der Waals surface area contributed by atoms with Gasteiger partial charge in [-0.25, -0.2) is 4.39 Å². The molecule has 0 radical (unpaired) electrons. The van der Waals surface area contributed by atoms with E-state index in [9.17, 15) is 4.39 Å². The SMILES string of the molecule is COc1cc(CNCC2CCNCC2)ccc1OCc1ccc(F)cc1Cl. The second kappa shape index (κ2) is 9.93. The van der Waals surface area contributed by atoms with E-state index in [2.05, 4.69) is 10.6 Å². The molecule has 0 atom stereocenters. The van der Waals surface area contributed by atoms with Gasteiger partial charge < -0.3 is 20.1 Å². The van der Waals surface area contributed by atoms with Crippen LogP contribution in [0.3, 0.4) is 0 Å². The van der Waals surface area contributed by atoms with E-state index in [1.807, 2.05) is 18.2 Å². The summed E-state index contributed by atoms with van der Waals surface area (Å²) in [5.74, 6) is 1.70. The molecule has 2 aromatic carbocycles. The van der Waals surface area contributed by atoms with Crippen LogP contribution in [0.5, 0.6) is 11.5 Å². The first-order valence-corrected chi connectivity index (χ1v) is 9.68. The topological polar surface area (TPSA) is 42.5 Å². The van der Waals surface area contributed by atoms with Crippen molar-refractivity contribution >= 4 is 11.6 Å². The monoisotopic (exact) mass is 392 g/mol.